The van der Waals surface area contributed by atoms with Crippen LogP contribution in [0.3, 0.4) is 0 Å². The SMILES string of the molecule is C[Si]1(C)[CH2][Zr+2]1([CH]1c2ccccc2-c2ccccc21)[CH]1c2ccccc2-c2ccccc21.[Cl-].[Cl-]. The van der Waals surface area contributed by atoms with Crippen LogP contribution in [-0.2, 0) is 19.4 Å². The normalized spacial score (nSPS) is 17.3. The summed E-state index contributed by atoms with van der Waals surface area (Å²) in [6.45, 7) is 5.46. The Hall–Kier alpha value is -1.44. The van der Waals surface area contributed by atoms with Crippen molar-refractivity contribution in [1.82, 2.24) is 0 Å². The van der Waals surface area contributed by atoms with Crippen LogP contribution in [0.5, 0.6) is 0 Å². The van der Waals surface area contributed by atoms with Gasteiger partial charge in [-0.25, -0.2) is 0 Å². The van der Waals surface area contributed by atoms with Gasteiger partial charge in [-0.15, -0.1) is 0 Å². The molecule has 0 aromatic heterocycles. The minimum Gasteiger partial charge on any atom is -1.00 e. The molecule has 0 bridgehead atoms. The molecule has 4 aromatic rings. The Kier molecular flexibility index (Phi) is 5.69. The molecule has 1 fully saturated rings. The van der Waals surface area contributed by atoms with Crippen molar-refractivity contribution < 1.29 is 44.2 Å². The van der Waals surface area contributed by atoms with Crippen molar-refractivity contribution in [2.75, 3.05) is 0 Å². The number of hydrogen-bond acceptors (Lipinski definition) is 0. The van der Waals surface area contributed by atoms with Crippen LogP contribution in [0.4, 0.5) is 0 Å². The summed E-state index contributed by atoms with van der Waals surface area (Å²) < 4.78 is 3.00. The van der Waals surface area contributed by atoms with Gasteiger partial charge in [0.15, 0.2) is 0 Å². The molecule has 0 nitrogen and oxygen atoms in total. The molecule has 0 unspecified atom stereocenters. The monoisotopic (exact) mass is 562 g/mol. The van der Waals surface area contributed by atoms with Gasteiger partial charge in [0.05, 0.1) is 0 Å². The van der Waals surface area contributed by atoms with Crippen LogP contribution in [0.1, 0.15) is 29.5 Å². The summed E-state index contributed by atoms with van der Waals surface area (Å²) in [7, 11) is 0. The molecule has 7 rings (SSSR count). The standard InChI is InChI=1S/2C13H9.C3H8Si.2ClH.Zr/c2*1-3-7-12-10(5-1)9-11-6-2-4-8-13(11)12;1-4(2)3;;;/h2*1-9H;1H2,2-3H3;2*1H;/q;;;;;+2/p-2. The summed E-state index contributed by atoms with van der Waals surface area (Å²) in [6.07, 6.45) is 0. The third kappa shape index (κ3) is 2.97. The van der Waals surface area contributed by atoms with E-state index >= 15 is 0 Å². The minimum absolute atomic E-state index is 0. The molecule has 0 amide bonds. The predicted molar refractivity (Wildman–Crippen MR) is 130 cm³/mol. The zero-order valence-electron chi connectivity index (χ0n) is 18.9. The maximum absolute atomic E-state index is 2.73. The van der Waals surface area contributed by atoms with Gasteiger partial charge in [0.2, 0.25) is 0 Å². The molecule has 1 aliphatic heterocycles. The Morgan fingerprint density at radius 3 is 1.00 bits per heavy atom. The van der Waals surface area contributed by atoms with E-state index in [1.807, 2.05) is 0 Å². The second kappa shape index (κ2) is 8.06. The Morgan fingerprint density at radius 2 is 0.758 bits per heavy atom. The zero-order valence-corrected chi connectivity index (χ0v) is 23.8. The van der Waals surface area contributed by atoms with Crippen LogP contribution < -0.4 is 24.8 Å². The van der Waals surface area contributed by atoms with Crippen LogP contribution in [0.15, 0.2) is 97.1 Å². The Morgan fingerprint density at radius 1 is 0.515 bits per heavy atom. The van der Waals surface area contributed by atoms with Gasteiger partial charge >= 0.3 is 190 Å². The van der Waals surface area contributed by atoms with E-state index in [1.165, 1.54) is 22.3 Å². The van der Waals surface area contributed by atoms with Gasteiger partial charge in [-0.2, -0.15) is 0 Å². The fourth-order valence-corrected chi connectivity index (χ4v) is 62.9. The Labute approximate surface area is 213 Å². The maximum Gasteiger partial charge on any atom is -1.00 e. The van der Waals surface area contributed by atoms with Crippen molar-refractivity contribution >= 4 is 5.20 Å². The first-order valence-electron chi connectivity index (χ1n) is 11.5. The molecule has 0 atom stereocenters. The van der Waals surface area contributed by atoms with Crippen LogP contribution in [0, 0.1) is 0 Å². The number of benzene rings is 4. The van der Waals surface area contributed by atoms with Crippen molar-refractivity contribution in [3.8, 4) is 22.3 Å². The number of hydrogen-bond donors (Lipinski definition) is 0. The molecule has 3 aliphatic rings. The van der Waals surface area contributed by atoms with E-state index in [1.54, 1.807) is 26.0 Å². The first-order chi connectivity index (χ1) is 15.1. The number of halogens is 2. The van der Waals surface area contributed by atoms with E-state index in [4.69, 9.17) is 0 Å². The molecule has 2 aliphatic carbocycles. The quantitative estimate of drug-likeness (QED) is 0.326. The summed E-state index contributed by atoms with van der Waals surface area (Å²) in [5.41, 5.74) is 12.6. The van der Waals surface area contributed by atoms with E-state index in [0.717, 1.165) is 0 Å². The van der Waals surface area contributed by atoms with E-state index in [2.05, 4.69) is 110 Å². The fourth-order valence-electron chi connectivity index (χ4n) is 7.26. The van der Waals surface area contributed by atoms with E-state index in [-0.39, 0.29) is 24.8 Å². The minimum atomic E-state index is -2.70. The van der Waals surface area contributed by atoms with E-state index in [9.17, 15) is 0 Å². The second-order valence-corrected chi connectivity index (χ2v) is 40.5. The average Bonchev–Trinajstić information content (AvgIpc) is 3.11. The van der Waals surface area contributed by atoms with E-state index in [0.29, 0.717) is 7.25 Å². The topological polar surface area (TPSA) is 0 Å². The Balaban J connectivity index is 0.00000114. The fraction of sp³-hybridized carbons (Fsp3) is 0.172. The molecule has 1 saturated heterocycles. The molecule has 0 saturated carbocycles. The molecular formula is C29H26Cl2SiZr. The van der Waals surface area contributed by atoms with Crippen molar-refractivity contribution in [2.45, 2.75) is 24.1 Å². The predicted octanol–water partition coefficient (Wildman–Crippen LogP) is 1.86. The van der Waals surface area contributed by atoms with Gasteiger partial charge in [-0.1, -0.05) is 0 Å². The number of fused-ring (bicyclic) bond motifs is 6. The van der Waals surface area contributed by atoms with Gasteiger partial charge in [0.25, 0.3) is 0 Å². The molecule has 0 N–H and O–H groups in total. The van der Waals surface area contributed by atoms with Crippen LogP contribution >= 0.6 is 0 Å². The summed E-state index contributed by atoms with van der Waals surface area (Å²) >= 11 is -2.70. The molecule has 4 aromatic carbocycles. The summed E-state index contributed by atoms with van der Waals surface area (Å²) in [6, 6.07) is 37.4. The van der Waals surface area contributed by atoms with Gasteiger partial charge < -0.3 is 24.8 Å². The molecule has 164 valence electrons. The largest absolute Gasteiger partial charge is 1.00 e. The van der Waals surface area contributed by atoms with Crippen molar-refractivity contribution in [3.05, 3.63) is 119 Å². The van der Waals surface area contributed by atoms with Gasteiger partial charge in [0.1, 0.15) is 0 Å². The smallest absolute Gasteiger partial charge is 1.00 e. The molecule has 0 spiro atoms. The molecule has 33 heavy (non-hydrogen) atoms. The summed E-state index contributed by atoms with van der Waals surface area (Å²) in [5.74, 6) is 0. The zero-order chi connectivity index (χ0) is 20.8. The molecule has 0 radical (unpaired) electrons. The van der Waals surface area contributed by atoms with E-state index < -0.39 is 24.6 Å². The third-order valence-corrected chi connectivity index (χ3v) is 51.4. The van der Waals surface area contributed by atoms with Crippen molar-refractivity contribution in [3.63, 3.8) is 0 Å². The van der Waals surface area contributed by atoms with Gasteiger partial charge in [0, 0.05) is 0 Å². The third-order valence-electron chi connectivity index (χ3n) is 8.57. The Bertz CT molecular complexity index is 1190. The first kappa shape index (κ1) is 23.3. The average molecular weight is 565 g/mol. The second-order valence-electron chi connectivity index (χ2n) is 10.3. The van der Waals surface area contributed by atoms with Crippen LogP contribution in [0.2, 0.25) is 16.8 Å². The van der Waals surface area contributed by atoms with Crippen LogP contribution in [0.25, 0.3) is 22.3 Å². The summed E-state index contributed by atoms with van der Waals surface area (Å²) in [5, 5.41) is -1.23. The first-order valence-corrected chi connectivity index (χ1v) is 23.0. The van der Waals surface area contributed by atoms with Gasteiger partial charge in [-0.05, 0) is 0 Å². The van der Waals surface area contributed by atoms with Crippen molar-refractivity contribution in [1.29, 1.82) is 0 Å². The van der Waals surface area contributed by atoms with Crippen molar-refractivity contribution in [2.24, 2.45) is 0 Å². The molecular weight excluding hydrogens is 539 g/mol. The summed E-state index contributed by atoms with van der Waals surface area (Å²) in [4.78, 5) is 0. The number of rotatable bonds is 2. The van der Waals surface area contributed by atoms with Gasteiger partial charge in [-0.3, -0.25) is 0 Å². The molecule has 1 heterocycles. The van der Waals surface area contributed by atoms with Crippen LogP contribution in [-0.4, -0.2) is 5.20 Å². The molecule has 4 heteroatoms. The maximum atomic E-state index is 2.73.